The molecule has 0 aliphatic carbocycles. The van der Waals surface area contributed by atoms with Gasteiger partial charge in [0, 0.05) is 44.1 Å². The van der Waals surface area contributed by atoms with Crippen molar-refractivity contribution in [2.45, 2.75) is 32.2 Å². The second-order valence-corrected chi connectivity index (χ2v) is 7.42. The molecule has 1 aliphatic rings. The average Bonchev–Trinajstić information content (AvgIpc) is 3.02. The Kier molecular flexibility index (Phi) is 5.80. The highest BCUT2D eigenvalue weighted by Crippen LogP contribution is 2.24. The Labute approximate surface area is 174 Å². The van der Waals surface area contributed by atoms with Gasteiger partial charge in [0.25, 0.3) is 5.91 Å². The van der Waals surface area contributed by atoms with Gasteiger partial charge in [-0.05, 0) is 43.5 Å². The summed E-state index contributed by atoms with van der Waals surface area (Å²) < 4.78 is 8.77. The van der Waals surface area contributed by atoms with E-state index in [0.29, 0.717) is 42.4 Å². The summed E-state index contributed by atoms with van der Waals surface area (Å²) in [6.45, 7) is 3.95. The van der Waals surface area contributed by atoms with Crippen molar-refractivity contribution in [3.8, 4) is 0 Å². The Bertz CT molecular complexity index is 1100. The van der Waals surface area contributed by atoms with E-state index in [0.717, 1.165) is 24.9 Å². The first-order valence-corrected chi connectivity index (χ1v) is 10.3. The van der Waals surface area contributed by atoms with E-state index < -0.39 is 0 Å². The lowest BCUT2D eigenvalue weighted by Gasteiger charge is -2.22. The van der Waals surface area contributed by atoms with Crippen LogP contribution in [0.15, 0.2) is 35.3 Å². The van der Waals surface area contributed by atoms with Crippen LogP contribution in [-0.2, 0) is 11.8 Å². The van der Waals surface area contributed by atoms with Crippen LogP contribution in [0.5, 0.6) is 0 Å². The highest BCUT2D eigenvalue weighted by molar-refractivity contribution is 5.94. The maximum atomic E-state index is 12.8. The van der Waals surface area contributed by atoms with Crippen LogP contribution in [0.3, 0.4) is 0 Å². The largest absolute Gasteiger partial charge is 0.381 e. The SMILES string of the molecule is CCCNC(=O)c1ccc(Nc2ncc3c(n2)n(C2CCOCC2)c(=O)n3C)cc1. The number of fused-ring (bicyclic) bond motifs is 1. The molecule has 4 rings (SSSR count). The lowest BCUT2D eigenvalue weighted by Crippen LogP contribution is -2.30. The smallest absolute Gasteiger partial charge is 0.330 e. The number of nitrogens with zero attached hydrogens (tertiary/aromatic N) is 4. The Morgan fingerprint density at radius 2 is 1.97 bits per heavy atom. The summed E-state index contributed by atoms with van der Waals surface area (Å²) in [5.74, 6) is 0.308. The van der Waals surface area contributed by atoms with E-state index in [1.807, 2.05) is 19.1 Å². The van der Waals surface area contributed by atoms with Gasteiger partial charge in [0.05, 0.1) is 6.20 Å². The first-order chi connectivity index (χ1) is 14.6. The molecule has 1 fully saturated rings. The van der Waals surface area contributed by atoms with Crippen LogP contribution in [-0.4, -0.2) is 44.8 Å². The molecule has 1 aliphatic heterocycles. The van der Waals surface area contributed by atoms with Crippen molar-refractivity contribution in [2.75, 3.05) is 25.1 Å². The first-order valence-electron chi connectivity index (χ1n) is 10.3. The standard InChI is InChI=1S/C21H26N6O3/c1-3-10-22-19(28)14-4-6-15(7-5-14)24-20-23-13-17-18(25-20)27(21(29)26(17)2)16-8-11-30-12-9-16/h4-7,13,16H,3,8-12H2,1-2H3,(H,22,28)(H,23,24,25). The number of imidazole rings is 1. The molecule has 0 radical (unpaired) electrons. The van der Waals surface area contributed by atoms with E-state index >= 15 is 0 Å². The Balaban J connectivity index is 1.59. The molecule has 0 spiro atoms. The summed E-state index contributed by atoms with van der Waals surface area (Å²) >= 11 is 0. The van der Waals surface area contributed by atoms with Crippen LogP contribution < -0.4 is 16.3 Å². The molecule has 0 saturated carbocycles. The maximum Gasteiger partial charge on any atom is 0.330 e. The zero-order valence-corrected chi connectivity index (χ0v) is 17.2. The van der Waals surface area contributed by atoms with E-state index in [9.17, 15) is 9.59 Å². The summed E-state index contributed by atoms with van der Waals surface area (Å²) in [4.78, 5) is 33.8. The summed E-state index contributed by atoms with van der Waals surface area (Å²) in [6.07, 6.45) is 4.12. The minimum Gasteiger partial charge on any atom is -0.381 e. The summed E-state index contributed by atoms with van der Waals surface area (Å²) in [5, 5.41) is 6.02. The third kappa shape index (κ3) is 3.93. The lowest BCUT2D eigenvalue weighted by molar-refractivity contribution is 0.0695. The predicted octanol–water partition coefficient (Wildman–Crippen LogP) is 2.36. The van der Waals surface area contributed by atoms with Crippen molar-refractivity contribution in [1.29, 1.82) is 0 Å². The molecule has 0 unspecified atom stereocenters. The fourth-order valence-corrected chi connectivity index (χ4v) is 3.64. The third-order valence-corrected chi connectivity index (χ3v) is 5.33. The topological polar surface area (TPSA) is 103 Å². The zero-order valence-electron chi connectivity index (χ0n) is 17.2. The first kappa shape index (κ1) is 20.1. The van der Waals surface area contributed by atoms with Gasteiger partial charge in [0.2, 0.25) is 5.95 Å². The summed E-state index contributed by atoms with van der Waals surface area (Å²) in [7, 11) is 1.74. The number of aryl methyl sites for hydroxylation is 1. The van der Waals surface area contributed by atoms with Crippen LogP contribution in [0.4, 0.5) is 11.6 Å². The van der Waals surface area contributed by atoms with Gasteiger partial charge >= 0.3 is 5.69 Å². The maximum absolute atomic E-state index is 12.8. The van der Waals surface area contributed by atoms with E-state index in [1.165, 1.54) is 0 Å². The molecule has 1 aromatic carbocycles. The van der Waals surface area contributed by atoms with Gasteiger partial charge in [-0.15, -0.1) is 0 Å². The van der Waals surface area contributed by atoms with Crippen LogP contribution in [0.25, 0.3) is 11.2 Å². The van der Waals surface area contributed by atoms with Crippen LogP contribution in [0.1, 0.15) is 42.6 Å². The number of hydrogen-bond acceptors (Lipinski definition) is 6. The van der Waals surface area contributed by atoms with Gasteiger partial charge in [-0.2, -0.15) is 4.98 Å². The quantitative estimate of drug-likeness (QED) is 0.647. The van der Waals surface area contributed by atoms with Gasteiger partial charge in [-0.3, -0.25) is 13.9 Å². The van der Waals surface area contributed by atoms with Gasteiger partial charge in [0.1, 0.15) is 5.52 Å². The number of hydrogen-bond donors (Lipinski definition) is 2. The fourth-order valence-electron chi connectivity index (χ4n) is 3.64. The molecule has 158 valence electrons. The number of carbonyl (C=O) groups is 1. The molecule has 9 heteroatoms. The number of ether oxygens (including phenoxy) is 1. The summed E-state index contributed by atoms with van der Waals surface area (Å²) in [6, 6.07) is 7.20. The Morgan fingerprint density at radius 3 is 2.67 bits per heavy atom. The highest BCUT2D eigenvalue weighted by atomic mass is 16.5. The minimum atomic E-state index is -0.0919. The predicted molar refractivity (Wildman–Crippen MR) is 114 cm³/mol. The monoisotopic (exact) mass is 410 g/mol. The number of anilines is 2. The second kappa shape index (κ2) is 8.66. The highest BCUT2D eigenvalue weighted by Gasteiger charge is 2.23. The number of rotatable bonds is 6. The molecule has 0 bridgehead atoms. The third-order valence-electron chi connectivity index (χ3n) is 5.33. The van der Waals surface area contributed by atoms with Crippen molar-refractivity contribution in [3.05, 3.63) is 46.5 Å². The number of carbonyl (C=O) groups excluding carboxylic acids is 1. The lowest BCUT2D eigenvalue weighted by atomic mass is 10.1. The molecular formula is C21H26N6O3. The zero-order chi connectivity index (χ0) is 21.1. The summed E-state index contributed by atoms with van der Waals surface area (Å²) in [5.41, 5.74) is 2.58. The van der Waals surface area contributed by atoms with Crippen LogP contribution >= 0.6 is 0 Å². The van der Waals surface area contributed by atoms with Crippen molar-refractivity contribution in [3.63, 3.8) is 0 Å². The van der Waals surface area contributed by atoms with Crippen molar-refractivity contribution in [1.82, 2.24) is 24.4 Å². The minimum absolute atomic E-state index is 0.0682. The molecular weight excluding hydrogens is 384 g/mol. The molecule has 1 amide bonds. The molecule has 2 aromatic heterocycles. The van der Waals surface area contributed by atoms with Gasteiger partial charge < -0.3 is 15.4 Å². The molecule has 3 heterocycles. The van der Waals surface area contributed by atoms with E-state index in [1.54, 1.807) is 34.5 Å². The molecule has 30 heavy (non-hydrogen) atoms. The van der Waals surface area contributed by atoms with E-state index in [-0.39, 0.29) is 17.6 Å². The Morgan fingerprint density at radius 1 is 1.23 bits per heavy atom. The fraction of sp³-hybridized carbons (Fsp3) is 0.429. The second-order valence-electron chi connectivity index (χ2n) is 7.42. The van der Waals surface area contributed by atoms with Crippen LogP contribution in [0.2, 0.25) is 0 Å². The van der Waals surface area contributed by atoms with Crippen molar-refractivity contribution >= 4 is 28.7 Å². The number of nitrogens with one attached hydrogen (secondary N) is 2. The number of amides is 1. The molecule has 1 saturated heterocycles. The molecule has 9 nitrogen and oxygen atoms in total. The van der Waals surface area contributed by atoms with E-state index in [4.69, 9.17) is 4.74 Å². The van der Waals surface area contributed by atoms with Crippen LogP contribution in [0, 0.1) is 0 Å². The normalized spacial score (nSPS) is 14.7. The molecule has 2 N–H and O–H groups in total. The van der Waals surface area contributed by atoms with Gasteiger partial charge in [-0.1, -0.05) is 6.92 Å². The van der Waals surface area contributed by atoms with Crippen molar-refractivity contribution in [2.24, 2.45) is 7.05 Å². The number of benzene rings is 1. The molecule has 3 aromatic rings. The van der Waals surface area contributed by atoms with Gasteiger partial charge in [-0.25, -0.2) is 9.78 Å². The van der Waals surface area contributed by atoms with Crippen molar-refractivity contribution < 1.29 is 9.53 Å². The van der Waals surface area contributed by atoms with Gasteiger partial charge in [0.15, 0.2) is 5.65 Å². The molecule has 0 atom stereocenters. The Hall–Kier alpha value is -3.20. The number of aromatic nitrogens is 4. The van der Waals surface area contributed by atoms with E-state index in [2.05, 4.69) is 20.6 Å². The average molecular weight is 410 g/mol.